The Balaban J connectivity index is 2.42. The van der Waals surface area contributed by atoms with Crippen molar-refractivity contribution in [1.82, 2.24) is 0 Å². The van der Waals surface area contributed by atoms with E-state index in [0.29, 0.717) is 0 Å². The van der Waals surface area contributed by atoms with Crippen LogP contribution in [0, 0.1) is 11.8 Å². The Morgan fingerprint density at radius 3 is 2.60 bits per heavy atom. The van der Waals surface area contributed by atoms with Gasteiger partial charge in [-0.15, -0.1) is 0 Å². The van der Waals surface area contributed by atoms with E-state index >= 15 is 0 Å². The van der Waals surface area contributed by atoms with Crippen LogP contribution in [-0.4, -0.2) is 17.7 Å². The Morgan fingerprint density at radius 1 is 1.40 bits per heavy atom. The summed E-state index contributed by atoms with van der Waals surface area (Å²) in [6.45, 7) is 4.74. The Labute approximate surface area is 74.0 Å². The van der Waals surface area contributed by atoms with Gasteiger partial charge in [0.1, 0.15) is 0 Å². The standard InChI is InChI=1S/C9H17.Li/c1-3-9-6-4-5-8(2)7-9;/h7-9H,3-6H2,1-2H3;. The van der Waals surface area contributed by atoms with Crippen LogP contribution in [0.5, 0.6) is 0 Å². The molecule has 1 aliphatic rings. The molecule has 3 atom stereocenters. The zero-order valence-electron chi connectivity index (χ0n) is 7.56. The van der Waals surface area contributed by atoms with Crippen LogP contribution in [0.2, 0.25) is 4.59 Å². The van der Waals surface area contributed by atoms with Crippen molar-refractivity contribution < 1.29 is 0 Å². The van der Waals surface area contributed by atoms with Gasteiger partial charge in [-0.1, -0.05) is 0 Å². The molecule has 3 unspecified atom stereocenters. The molecule has 0 bridgehead atoms. The average molecular weight is 132 g/mol. The predicted octanol–water partition coefficient (Wildman–Crippen LogP) is 2.79. The molecule has 0 saturated heterocycles. The van der Waals surface area contributed by atoms with Gasteiger partial charge in [0.05, 0.1) is 0 Å². The minimum absolute atomic E-state index is 0.985. The second-order valence-corrected chi connectivity index (χ2v) is 3.94. The molecule has 1 aliphatic carbocycles. The van der Waals surface area contributed by atoms with Gasteiger partial charge in [0.25, 0.3) is 0 Å². The van der Waals surface area contributed by atoms with Gasteiger partial charge in [-0.25, -0.2) is 0 Å². The van der Waals surface area contributed by atoms with Crippen molar-refractivity contribution in [3.05, 3.63) is 0 Å². The summed E-state index contributed by atoms with van der Waals surface area (Å²) in [6.07, 6.45) is 5.83. The molecule has 0 N–H and O–H groups in total. The van der Waals surface area contributed by atoms with Crippen LogP contribution in [-0.2, 0) is 0 Å². The summed E-state index contributed by atoms with van der Waals surface area (Å²) in [7, 11) is 0. The van der Waals surface area contributed by atoms with E-state index in [1.54, 1.807) is 0 Å². The first-order chi connectivity index (χ1) is 4.75. The molecule has 1 saturated carbocycles. The van der Waals surface area contributed by atoms with Crippen LogP contribution >= 0.6 is 0 Å². The van der Waals surface area contributed by atoms with Crippen LogP contribution in [0.15, 0.2) is 0 Å². The summed E-state index contributed by atoms with van der Waals surface area (Å²) in [6, 6.07) is 0. The van der Waals surface area contributed by atoms with Gasteiger partial charge in [0.15, 0.2) is 0 Å². The molecule has 0 aliphatic heterocycles. The number of rotatable bonds is 1. The second-order valence-electron chi connectivity index (χ2n) is 3.94. The van der Waals surface area contributed by atoms with E-state index in [2.05, 4.69) is 31.6 Å². The molecule has 10 heavy (non-hydrogen) atoms. The van der Waals surface area contributed by atoms with Crippen molar-refractivity contribution in [2.45, 2.75) is 44.1 Å². The first-order valence-electron chi connectivity index (χ1n) is 4.75. The molecule has 1 fully saturated rings. The summed E-state index contributed by atoms with van der Waals surface area (Å²) in [5.74, 6) is 2.02. The molecule has 1 heteroatoms. The number of hydrogen-bond acceptors (Lipinski definition) is 0. The fraction of sp³-hybridized carbons (Fsp3) is 1.00. The topological polar surface area (TPSA) is 0 Å². The normalized spacial score (nSPS) is 41.8. The zero-order valence-corrected chi connectivity index (χ0v) is 7.56. The molecule has 0 aromatic heterocycles. The van der Waals surface area contributed by atoms with Crippen molar-refractivity contribution in [3.8, 4) is 0 Å². The van der Waals surface area contributed by atoms with E-state index in [0.717, 1.165) is 16.4 Å². The SMILES string of the molecule is [Li][CH]1C(C)CCCC1CC. The third-order valence-corrected chi connectivity index (χ3v) is 3.40. The Bertz CT molecular complexity index is 101. The molecule has 0 aromatic carbocycles. The van der Waals surface area contributed by atoms with Crippen molar-refractivity contribution in [2.75, 3.05) is 0 Å². The Morgan fingerprint density at radius 2 is 2.10 bits per heavy atom. The molecule has 54 valence electrons. The van der Waals surface area contributed by atoms with Crippen molar-refractivity contribution in [1.29, 1.82) is 0 Å². The third kappa shape index (κ3) is 1.80. The monoisotopic (exact) mass is 132 g/mol. The maximum absolute atomic E-state index is 2.43. The molecule has 0 aromatic rings. The minimum atomic E-state index is 0.985. The van der Waals surface area contributed by atoms with Gasteiger partial charge in [-0.3, -0.25) is 0 Å². The zero-order chi connectivity index (χ0) is 7.56. The predicted molar refractivity (Wildman–Crippen MR) is 46.3 cm³/mol. The maximum atomic E-state index is 2.43. The van der Waals surface area contributed by atoms with Crippen molar-refractivity contribution >= 4 is 17.7 Å². The fourth-order valence-corrected chi connectivity index (χ4v) is 2.27. The molecule has 0 heterocycles. The van der Waals surface area contributed by atoms with Crippen LogP contribution in [0.4, 0.5) is 0 Å². The van der Waals surface area contributed by atoms with Crippen LogP contribution < -0.4 is 0 Å². The third-order valence-electron chi connectivity index (χ3n) is 3.40. The molecule has 0 amide bonds. The van der Waals surface area contributed by atoms with E-state index in [1.165, 1.54) is 25.7 Å². The van der Waals surface area contributed by atoms with Gasteiger partial charge in [0.2, 0.25) is 0 Å². The summed E-state index contributed by atoms with van der Waals surface area (Å²) < 4.78 is 0.985. The van der Waals surface area contributed by atoms with Gasteiger partial charge >= 0.3 is 73.7 Å². The van der Waals surface area contributed by atoms with E-state index in [-0.39, 0.29) is 0 Å². The van der Waals surface area contributed by atoms with Crippen LogP contribution in [0.25, 0.3) is 0 Å². The van der Waals surface area contributed by atoms with Crippen molar-refractivity contribution in [2.24, 2.45) is 11.8 Å². The molecule has 1 rings (SSSR count). The summed E-state index contributed by atoms with van der Waals surface area (Å²) in [5, 5.41) is 0. The van der Waals surface area contributed by atoms with E-state index in [4.69, 9.17) is 0 Å². The van der Waals surface area contributed by atoms with E-state index in [9.17, 15) is 0 Å². The summed E-state index contributed by atoms with van der Waals surface area (Å²) in [5.41, 5.74) is 0. The van der Waals surface area contributed by atoms with Gasteiger partial charge in [-0.2, -0.15) is 0 Å². The van der Waals surface area contributed by atoms with Gasteiger partial charge < -0.3 is 0 Å². The summed E-state index contributed by atoms with van der Waals surface area (Å²) >= 11 is 2.43. The molecule has 0 nitrogen and oxygen atoms in total. The van der Waals surface area contributed by atoms with Gasteiger partial charge in [0, 0.05) is 0 Å². The molecule has 0 spiro atoms. The molecular formula is C9H17Li. The Kier molecular flexibility index (Phi) is 3.33. The van der Waals surface area contributed by atoms with E-state index < -0.39 is 0 Å². The van der Waals surface area contributed by atoms with Gasteiger partial charge in [-0.05, 0) is 0 Å². The van der Waals surface area contributed by atoms with Crippen molar-refractivity contribution in [3.63, 3.8) is 0 Å². The van der Waals surface area contributed by atoms with Crippen LogP contribution in [0.1, 0.15) is 39.5 Å². The average Bonchev–Trinajstić information content (AvgIpc) is 1.95. The Hall–Kier alpha value is 0.597. The molecule has 0 radical (unpaired) electrons. The quantitative estimate of drug-likeness (QED) is 0.481. The fourth-order valence-electron chi connectivity index (χ4n) is 2.27. The number of hydrogen-bond donors (Lipinski definition) is 0. The summed E-state index contributed by atoms with van der Waals surface area (Å²) in [4.78, 5) is 0. The van der Waals surface area contributed by atoms with Crippen LogP contribution in [0.3, 0.4) is 0 Å². The van der Waals surface area contributed by atoms with E-state index in [1.807, 2.05) is 0 Å². The molecular weight excluding hydrogens is 115 g/mol. The first kappa shape index (κ1) is 8.69. The second kappa shape index (κ2) is 3.84. The first-order valence-corrected chi connectivity index (χ1v) is 4.75.